The van der Waals surface area contributed by atoms with Crippen molar-refractivity contribution in [2.24, 2.45) is 5.92 Å². The summed E-state index contributed by atoms with van der Waals surface area (Å²) in [5.41, 5.74) is 0.320. The van der Waals surface area contributed by atoms with Crippen LogP contribution in [0.3, 0.4) is 0 Å². The SMILES string of the molecule is CC1CCCN(C(=O)COC(=O)CCc2ncc(-c3ccccc3F)o2)C1. The fraction of sp³-hybridized carbons (Fsp3) is 0.450. The van der Waals surface area contributed by atoms with Gasteiger partial charge in [0.25, 0.3) is 5.91 Å². The van der Waals surface area contributed by atoms with Crippen LogP contribution in [0.4, 0.5) is 4.39 Å². The van der Waals surface area contributed by atoms with Gasteiger partial charge in [0.2, 0.25) is 0 Å². The molecule has 0 N–H and O–H groups in total. The van der Waals surface area contributed by atoms with Crippen molar-refractivity contribution in [3.05, 3.63) is 42.2 Å². The van der Waals surface area contributed by atoms with Crippen molar-refractivity contribution in [3.8, 4) is 11.3 Å². The van der Waals surface area contributed by atoms with Crippen LogP contribution in [0.5, 0.6) is 0 Å². The predicted octanol–water partition coefficient (Wildman–Crippen LogP) is 3.22. The number of carbonyl (C=O) groups is 2. The maximum atomic E-state index is 13.8. The number of benzene rings is 1. The highest BCUT2D eigenvalue weighted by Crippen LogP contribution is 2.23. The number of halogens is 1. The molecule has 1 fully saturated rings. The van der Waals surface area contributed by atoms with Crippen molar-refractivity contribution < 1.29 is 23.1 Å². The Balaban J connectivity index is 1.44. The van der Waals surface area contributed by atoms with E-state index in [1.54, 1.807) is 23.1 Å². The average Bonchev–Trinajstić information content (AvgIpc) is 3.13. The Morgan fingerprint density at radius 2 is 2.19 bits per heavy atom. The van der Waals surface area contributed by atoms with Crippen LogP contribution in [0.1, 0.15) is 32.1 Å². The number of ether oxygens (including phenoxy) is 1. The summed E-state index contributed by atoms with van der Waals surface area (Å²) in [4.78, 5) is 29.8. The first-order chi connectivity index (χ1) is 13.0. The van der Waals surface area contributed by atoms with E-state index in [4.69, 9.17) is 9.15 Å². The topological polar surface area (TPSA) is 72.6 Å². The summed E-state index contributed by atoms with van der Waals surface area (Å²) in [5, 5.41) is 0. The van der Waals surface area contributed by atoms with Gasteiger partial charge in [-0.2, -0.15) is 0 Å². The molecule has 6 nitrogen and oxygen atoms in total. The Morgan fingerprint density at radius 1 is 1.37 bits per heavy atom. The molecule has 1 unspecified atom stereocenters. The number of hydrogen-bond donors (Lipinski definition) is 0. The van der Waals surface area contributed by atoms with Crippen molar-refractivity contribution in [2.75, 3.05) is 19.7 Å². The number of esters is 1. The summed E-state index contributed by atoms with van der Waals surface area (Å²) < 4.78 is 24.3. The van der Waals surface area contributed by atoms with E-state index in [1.165, 1.54) is 12.3 Å². The van der Waals surface area contributed by atoms with Gasteiger partial charge in [0, 0.05) is 19.5 Å². The van der Waals surface area contributed by atoms with Gasteiger partial charge < -0.3 is 14.1 Å². The number of hydrogen-bond acceptors (Lipinski definition) is 5. The molecule has 0 radical (unpaired) electrons. The average molecular weight is 374 g/mol. The van der Waals surface area contributed by atoms with Gasteiger partial charge in [-0.3, -0.25) is 9.59 Å². The van der Waals surface area contributed by atoms with E-state index in [9.17, 15) is 14.0 Å². The van der Waals surface area contributed by atoms with Crippen molar-refractivity contribution in [1.82, 2.24) is 9.88 Å². The summed E-state index contributed by atoms with van der Waals surface area (Å²) in [6.45, 7) is 3.30. The largest absolute Gasteiger partial charge is 0.456 e. The molecule has 0 bridgehead atoms. The molecular weight excluding hydrogens is 351 g/mol. The normalized spacial score (nSPS) is 17.0. The lowest BCUT2D eigenvalue weighted by Gasteiger charge is -2.30. The Morgan fingerprint density at radius 3 is 2.96 bits per heavy atom. The predicted molar refractivity (Wildman–Crippen MR) is 96.2 cm³/mol. The van der Waals surface area contributed by atoms with Gasteiger partial charge in [-0.1, -0.05) is 19.1 Å². The van der Waals surface area contributed by atoms with Crippen molar-refractivity contribution in [1.29, 1.82) is 0 Å². The van der Waals surface area contributed by atoms with Gasteiger partial charge in [-0.15, -0.1) is 0 Å². The molecule has 3 rings (SSSR count). The summed E-state index contributed by atoms with van der Waals surface area (Å²) in [5.74, 6) is 0.0661. The smallest absolute Gasteiger partial charge is 0.306 e. The number of nitrogens with zero attached hydrogens (tertiary/aromatic N) is 2. The lowest BCUT2D eigenvalue weighted by molar-refractivity contribution is -0.152. The number of aromatic nitrogens is 1. The molecule has 27 heavy (non-hydrogen) atoms. The Bertz CT molecular complexity index is 805. The van der Waals surface area contributed by atoms with Crippen LogP contribution in [-0.4, -0.2) is 41.5 Å². The summed E-state index contributed by atoms with van der Waals surface area (Å²) in [7, 11) is 0. The maximum Gasteiger partial charge on any atom is 0.306 e. The molecule has 0 saturated carbocycles. The molecule has 0 spiro atoms. The number of oxazole rings is 1. The Kier molecular flexibility index (Phi) is 6.21. The molecule has 2 heterocycles. The highest BCUT2D eigenvalue weighted by Gasteiger charge is 2.22. The molecule has 1 atom stereocenters. The lowest BCUT2D eigenvalue weighted by Crippen LogP contribution is -2.41. The van der Waals surface area contributed by atoms with Gasteiger partial charge in [-0.05, 0) is 30.9 Å². The first kappa shape index (κ1) is 19.1. The first-order valence-corrected chi connectivity index (χ1v) is 9.16. The van der Waals surface area contributed by atoms with Crippen molar-refractivity contribution in [2.45, 2.75) is 32.6 Å². The number of carbonyl (C=O) groups excluding carboxylic acids is 2. The van der Waals surface area contributed by atoms with Gasteiger partial charge >= 0.3 is 5.97 Å². The Labute approximate surface area is 157 Å². The zero-order valence-corrected chi connectivity index (χ0v) is 15.3. The van der Waals surface area contributed by atoms with Crippen LogP contribution in [0.25, 0.3) is 11.3 Å². The number of amides is 1. The third-order valence-corrected chi connectivity index (χ3v) is 4.60. The summed E-state index contributed by atoms with van der Waals surface area (Å²) in [6.07, 6.45) is 3.80. The van der Waals surface area contributed by atoms with Crippen molar-refractivity contribution in [3.63, 3.8) is 0 Å². The third-order valence-electron chi connectivity index (χ3n) is 4.60. The second kappa shape index (κ2) is 8.79. The van der Waals surface area contributed by atoms with Crippen LogP contribution in [0.2, 0.25) is 0 Å². The van der Waals surface area contributed by atoms with Crippen molar-refractivity contribution >= 4 is 11.9 Å². The molecule has 1 aliphatic heterocycles. The minimum Gasteiger partial charge on any atom is -0.456 e. The van der Waals surface area contributed by atoms with E-state index < -0.39 is 11.8 Å². The highest BCUT2D eigenvalue weighted by atomic mass is 19.1. The molecule has 7 heteroatoms. The molecular formula is C20H23FN2O4. The number of piperidine rings is 1. The van der Waals surface area contributed by atoms with Gasteiger partial charge in [-0.25, -0.2) is 9.37 Å². The zero-order chi connectivity index (χ0) is 19.2. The van der Waals surface area contributed by atoms with E-state index >= 15 is 0 Å². The number of aryl methyl sites for hydroxylation is 1. The number of rotatable bonds is 6. The molecule has 144 valence electrons. The molecule has 1 aromatic carbocycles. The fourth-order valence-corrected chi connectivity index (χ4v) is 3.14. The third kappa shape index (κ3) is 5.15. The van der Waals surface area contributed by atoms with Gasteiger partial charge in [0.15, 0.2) is 18.3 Å². The highest BCUT2D eigenvalue weighted by molar-refractivity contribution is 5.80. The van der Waals surface area contributed by atoms with E-state index in [2.05, 4.69) is 11.9 Å². The van der Waals surface area contributed by atoms with Gasteiger partial charge in [0.05, 0.1) is 18.2 Å². The first-order valence-electron chi connectivity index (χ1n) is 9.16. The quantitative estimate of drug-likeness (QED) is 0.726. The molecule has 1 saturated heterocycles. The molecule has 1 aromatic heterocycles. The minimum absolute atomic E-state index is 0.0426. The fourth-order valence-electron chi connectivity index (χ4n) is 3.14. The van der Waals surface area contributed by atoms with E-state index in [1.807, 2.05) is 0 Å². The second-order valence-corrected chi connectivity index (χ2v) is 6.85. The van der Waals surface area contributed by atoms with Crippen LogP contribution in [0, 0.1) is 11.7 Å². The van der Waals surface area contributed by atoms with E-state index in [0.29, 0.717) is 29.7 Å². The minimum atomic E-state index is -0.487. The molecule has 1 amide bonds. The summed E-state index contributed by atoms with van der Waals surface area (Å²) in [6, 6.07) is 6.24. The summed E-state index contributed by atoms with van der Waals surface area (Å²) >= 11 is 0. The van der Waals surface area contributed by atoms with Crippen LogP contribution >= 0.6 is 0 Å². The monoisotopic (exact) mass is 374 g/mol. The van der Waals surface area contributed by atoms with Crippen LogP contribution < -0.4 is 0 Å². The van der Waals surface area contributed by atoms with E-state index in [-0.39, 0.29) is 25.4 Å². The second-order valence-electron chi connectivity index (χ2n) is 6.85. The van der Waals surface area contributed by atoms with E-state index in [0.717, 1.165) is 19.4 Å². The molecule has 0 aliphatic carbocycles. The standard InChI is InChI=1S/C20H23FN2O4/c1-14-5-4-10-23(12-14)19(24)13-26-20(25)9-8-18-22-11-17(27-18)15-6-2-3-7-16(15)21/h2-3,6-7,11,14H,4-5,8-10,12-13H2,1H3. The zero-order valence-electron chi connectivity index (χ0n) is 15.3. The van der Waals surface area contributed by atoms with Gasteiger partial charge in [0.1, 0.15) is 5.82 Å². The maximum absolute atomic E-state index is 13.8. The molecule has 1 aliphatic rings. The molecule has 2 aromatic rings. The lowest BCUT2D eigenvalue weighted by atomic mass is 10.0. The van der Waals surface area contributed by atoms with Crippen LogP contribution in [0.15, 0.2) is 34.9 Å². The Hall–Kier alpha value is -2.70. The number of likely N-dealkylation sites (tertiary alicyclic amines) is 1. The van der Waals surface area contributed by atoms with Crippen LogP contribution in [-0.2, 0) is 20.7 Å².